The van der Waals surface area contributed by atoms with Crippen molar-refractivity contribution in [1.29, 1.82) is 0 Å². The normalized spacial score (nSPS) is 10.8. The van der Waals surface area contributed by atoms with Gasteiger partial charge < -0.3 is 28.3 Å². The van der Waals surface area contributed by atoms with Crippen LogP contribution in [0.4, 0.5) is 4.79 Å². The summed E-state index contributed by atoms with van der Waals surface area (Å²) in [6, 6.07) is 30.6. The van der Waals surface area contributed by atoms with Gasteiger partial charge in [0.25, 0.3) is 0 Å². The number of hydrogen-bond donors (Lipinski definition) is 0. The molecular formula is C46H51NO7. The Hall–Kier alpha value is -5.52. The number of fused-ring (bicyclic) bond motifs is 1. The first kappa shape index (κ1) is 39.7. The summed E-state index contributed by atoms with van der Waals surface area (Å²) < 4.78 is 29.3. The number of benzene rings is 4. The topological polar surface area (TPSA) is 87.4 Å². The Bertz CT molecular complexity index is 2050. The predicted molar refractivity (Wildman–Crippen MR) is 214 cm³/mol. The third kappa shape index (κ3) is 12.0. The van der Waals surface area contributed by atoms with Gasteiger partial charge in [-0.1, -0.05) is 117 Å². The zero-order valence-electron chi connectivity index (χ0n) is 31.7. The predicted octanol–water partition coefficient (Wildman–Crippen LogP) is 10.6. The molecule has 282 valence electrons. The van der Waals surface area contributed by atoms with E-state index in [0.29, 0.717) is 41.4 Å². The molecule has 0 atom stereocenters. The van der Waals surface area contributed by atoms with E-state index in [1.165, 1.54) is 56.1 Å². The Labute approximate surface area is 319 Å². The van der Waals surface area contributed by atoms with E-state index in [9.17, 15) is 9.59 Å². The lowest BCUT2D eigenvalue weighted by atomic mass is 10.1. The fourth-order valence-electron chi connectivity index (χ4n) is 5.96. The van der Waals surface area contributed by atoms with E-state index >= 15 is 0 Å². The number of carbonyl (C=O) groups is 1. The Balaban J connectivity index is 1.13. The smallest absolute Gasteiger partial charge is 0.414 e. The molecule has 0 radical (unpaired) electrons. The zero-order chi connectivity index (χ0) is 38.0. The van der Waals surface area contributed by atoms with Gasteiger partial charge in [0.2, 0.25) is 11.2 Å². The average molecular weight is 730 g/mol. The number of carbonyl (C=O) groups excluding carboxylic acids is 1. The van der Waals surface area contributed by atoms with Crippen molar-refractivity contribution >= 4 is 17.1 Å². The highest BCUT2D eigenvalue weighted by Crippen LogP contribution is 2.37. The van der Waals surface area contributed by atoms with Crippen molar-refractivity contribution < 1.29 is 28.2 Å². The van der Waals surface area contributed by atoms with Gasteiger partial charge in [-0.05, 0) is 60.4 Å². The van der Waals surface area contributed by atoms with E-state index in [2.05, 4.69) is 24.0 Å². The Kier molecular flexibility index (Phi) is 15.6. The van der Waals surface area contributed by atoms with Crippen LogP contribution in [0, 0.1) is 11.8 Å². The van der Waals surface area contributed by atoms with Crippen molar-refractivity contribution in [3.8, 4) is 40.4 Å². The molecule has 0 aliphatic carbocycles. The summed E-state index contributed by atoms with van der Waals surface area (Å²) >= 11 is 0. The molecule has 1 heterocycles. The Morgan fingerprint density at radius 2 is 1.37 bits per heavy atom. The van der Waals surface area contributed by atoms with Gasteiger partial charge in [0, 0.05) is 38.2 Å². The van der Waals surface area contributed by atoms with E-state index in [4.69, 9.17) is 23.4 Å². The lowest BCUT2D eigenvalue weighted by Gasteiger charge is -2.15. The largest absolute Gasteiger partial charge is 0.493 e. The van der Waals surface area contributed by atoms with Crippen LogP contribution < -0.4 is 19.6 Å². The molecule has 5 aromatic rings. The maximum atomic E-state index is 13.9. The first-order valence-corrected chi connectivity index (χ1v) is 18.9. The summed E-state index contributed by atoms with van der Waals surface area (Å²) in [6.45, 7) is 1.88. The molecule has 0 N–H and O–H groups in total. The fourth-order valence-corrected chi connectivity index (χ4v) is 5.96. The SMILES string of the molecule is COc1cc(-c2oc3ccc(C#CCCCCCCCCCCCOCc4ccccc4)cc3c(=O)c2OC(=O)N(C)C)ccc1OCc1ccccc1. The van der Waals surface area contributed by atoms with Gasteiger partial charge >= 0.3 is 6.09 Å². The van der Waals surface area contributed by atoms with Crippen LogP contribution in [0.25, 0.3) is 22.3 Å². The van der Waals surface area contributed by atoms with E-state index in [0.717, 1.165) is 37.9 Å². The Morgan fingerprint density at radius 1 is 0.722 bits per heavy atom. The van der Waals surface area contributed by atoms with Crippen molar-refractivity contribution in [2.75, 3.05) is 27.8 Å². The first-order valence-electron chi connectivity index (χ1n) is 18.9. The minimum atomic E-state index is -0.700. The van der Waals surface area contributed by atoms with Gasteiger partial charge in [-0.3, -0.25) is 4.79 Å². The summed E-state index contributed by atoms with van der Waals surface area (Å²) in [6.07, 6.45) is 10.9. The minimum Gasteiger partial charge on any atom is -0.493 e. The first-order chi connectivity index (χ1) is 26.4. The number of rotatable bonds is 19. The van der Waals surface area contributed by atoms with Gasteiger partial charge in [-0.15, -0.1) is 0 Å². The third-order valence-electron chi connectivity index (χ3n) is 9.00. The van der Waals surface area contributed by atoms with E-state index < -0.39 is 11.5 Å². The average Bonchev–Trinajstić information content (AvgIpc) is 3.20. The standard InChI is InChI=1S/C46H51NO7/c1-47(2)46(49)54-45-43(48)39-31-35(21-15-11-9-7-5-4-6-8-10-12-20-30-51-33-36-22-16-13-17-23-36)26-28-40(39)53-44(45)38-27-29-41(42(32-38)50-3)52-34-37-24-18-14-19-25-37/h13-14,16-19,22-29,31-32H,4-12,20,30,33-34H2,1-3H3. The van der Waals surface area contributed by atoms with Crippen LogP contribution in [0.2, 0.25) is 0 Å². The molecule has 0 saturated heterocycles. The highest BCUT2D eigenvalue weighted by Gasteiger charge is 2.23. The van der Waals surface area contributed by atoms with Crippen LogP contribution in [0.1, 0.15) is 80.9 Å². The second kappa shape index (κ2) is 21.2. The summed E-state index contributed by atoms with van der Waals surface area (Å²) in [5, 5.41) is 0.279. The van der Waals surface area contributed by atoms with E-state index in [1.807, 2.05) is 54.6 Å². The molecule has 0 bridgehead atoms. The maximum Gasteiger partial charge on any atom is 0.414 e. The second-order valence-electron chi connectivity index (χ2n) is 13.5. The molecule has 8 heteroatoms. The summed E-state index contributed by atoms with van der Waals surface area (Å²) in [7, 11) is 4.64. The second-order valence-corrected chi connectivity index (χ2v) is 13.5. The molecule has 5 rings (SSSR count). The highest BCUT2D eigenvalue weighted by atomic mass is 16.6. The molecule has 0 saturated carbocycles. The van der Waals surface area contributed by atoms with Crippen molar-refractivity contribution in [3.05, 3.63) is 124 Å². The molecule has 8 nitrogen and oxygen atoms in total. The molecule has 0 fully saturated rings. The summed E-state index contributed by atoms with van der Waals surface area (Å²) in [5.74, 6) is 7.31. The molecule has 0 aliphatic heterocycles. The van der Waals surface area contributed by atoms with E-state index in [-0.39, 0.29) is 16.9 Å². The van der Waals surface area contributed by atoms with Crippen molar-refractivity contribution in [3.63, 3.8) is 0 Å². The number of ether oxygens (including phenoxy) is 4. The highest BCUT2D eigenvalue weighted by molar-refractivity contribution is 5.85. The maximum absolute atomic E-state index is 13.9. The molecule has 4 aromatic carbocycles. The van der Waals surface area contributed by atoms with Crippen LogP contribution in [-0.4, -0.2) is 38.8 Å². The van der Waals surface area contributed by atoms with Crippen LogP contribution in [0.15, 0.2) is 106 Å². The number of amides is 1. The van der Waals surface area contributed by atoms with Gasteiger partial charge in [-0.25, -0.2) is 4.79 Å². The van der Waals surface area contributed by atoms with Crippen LogP contribution in [0.5, 0.6) is 17.2 Å². The molecule has 0 spiro atoms. The van der Waals surface area contributed by atoms with Gasteiger partial charge in [0.15, 0.2) is 17.3 Å². The lowest BCUT2D eigenvalue weighted by molar-refractivity contribution is 0.116. The third-order valence-corrected chi connectivity index (χ3v) is 9.00. The summed E-state index contributed by atoms with van der Waals surface area (Å²) in [4.78, 5) is 27.8. The van der Waals surface area contributed by atoms with Crippen LogP contribution in [0.3, 0.4) is 0 Å². The van der Waals surface area contributed by atoms with Crippen LogP contribution >= 0.6 is 0 Å². The molecule has 0 unspecified atom stereocenters. The van der Waals surface area contributed by atoms with E-state index in [1.54, 1.807) is 44.4 Å². The fraction of sp³-hybridized carbons (Fsp3) is 0.348. The quantitative estimate of drug-likeness (QED) is 0.0618. The molecule has 1 aromatic heterocycles. The van der Waals surface area contributed by atoms with Crippen molar-refractivity contribution in [1.82, 2.24) is 4.90 Å². The number of methoxy groups -OCH3 is 1. The van der Waals surface area contributed by atoms with Crippen molar-refractivity contribution in [2.45, 2.75) is 77.4 Å². The Morgan fingerprint density at radius 3 is 2.04 bits per heavy atom. The number of hydrogen-bond acceptors (Lipinski definition) is 7. The molecule has 54 heavy (non-hydrogen) atoms. The zero-order valence-corrected chi connectivity index (χ0v) is 31.7. The van der Waals surface area contributed by atoms with Gasteiger partial charge in [0.1, 0.15) is 12.2 Å². The summed E-state index contributed by atoms with van der Waals surface area (Å²) in [5.41, 5.74) is 3.31. The molecular weight excluding hydrogens is 679 g/mol. The van der Waals surface area contributed by atoms with Gasteiger partial charge in [-0.2, -0.15) is 0 Å². The van der Waals surface area contributed by atoms with Crippen molar-refractivity contribution in [2.24, 2.45) is 0 Å². The van der Waals surface area contributed by atoms with Gasteiger partial charge in [0.05, 0.1) is 19.1 Å². The van der Waals surface area contributed by atoms with Crippen LogP contribution in [-0.2, 0) is 18.0 Å². The lowest BCUT2D eigenvalue weighted by Crippen LogP contribution is -2.27. The number of nitrogens with zero attached hydrogens (tertiary/aromatic N) is 1. The molecule has 0 aliphatic rings. The monoisotopic (exact) mass is 729 g/mol. The minimum absolute atomic E-state index is 0.110. The molecule has 1 amide bonds. The number of unbranched alkanes of at least 4 members (excludes halogenated alkanes) is 9.